The maximum Gasteiger partial charge on any atom is 0.0638 e. The number of anilines is 2. The van der Waals surface area contributed by atoms with Crippen LogP contribution < -0.4 is 10.6 Å². The zero-order valence-electron chi connectivity index (χ0n) is 12.0. The molecule has 4 heteroatoms. The highest BCUT2D eigenvalue weighted by Gasteiger charge is 2.17. The van der Waals surface area contributed by atoms with Gasteiger partial charge in [0.15, 0.2) is 0 Å². The predicted octanol–water partition coefficient (Wildman–Crippen LogP) is 3.24. The number of para-hydroxylation sites is 1. The van der Waals surface area contributed by atoms with Crippen LogP contribution in [-0.2, 0) is 6.54 Å². The van der Waals surface area contributed by atoms with Gasteiger partial charge in [-0.2, -0.15) is 0 Å². The van der Waals surface area contributed by atoms with Gasteiger partial charge in [-0.1, -0.05) is 35.9 Å². The van der Waals surface area contributed by atoms with Crippen molar-refractivity contribution < 1.29 is 0 Å². The number of nitrogens with zero attached hydrogens (tertiary/aromatic N) is 2. The van der Waals surface area contributed by atoms with Crippen molar-refractivity contribution in [2.24, 2.45) is 0 Å². The fourth-order valence-electron chi connectivity index (χ4n) is 2.73. The van der Waals surface area contributed by atoms with Crippen LogP contribution >= 0.6 is 11.6 Å². The minimum atomic E-state index is 0.648. The minimum Gasteiger partial charge on any atom is -0.398 e. The molecule has 1 fully saturated rings. The van der Waals surface area contributed by atoms with E-state index in [2.05, 4.69) is 46.2 Å². The van der Waals surface area contributed by atoms with E-state index in [-0.39, 0.29) is 0 Å². The molecular weight excluding hydrogens is 282 g/mol. The van der Waals surface area contributed by atoms with Crippen molar-refractivity contribution in [3.05, 3.63) is 59.1 Å². The number of benzene rings is 2. The fraction of sp³-hybridized carbons (Fsp3) is 0.294. The Morgan fingerprint density at radius 3 is 2.33 bits per heavy atom. The molecule has 1 aliphatic heterocycles. The lowest BCUT2D eigenvalue weighted by molar-refractivity contribution is 0.250. The van der Waals surface area contributed by atoms with Crippen molar-refractivity contribution in [2.45, 2.75) is 6.54 Å². The van der Waals surface area contributed by atoms with Crippen LogP contribution in [0.2, 0.25) is 5.02 Å². The van der Waals surface area contributed by atoms with Crippen molar-refractivity contribution in [1.29, 1.82) is 0 Å². The van der Waals surface area contributed by atoms with Crippen molar-refractivity contribution in [1.82, 2.24) is 4.90 Å². The largest absolute Gasteiger partial charge is 0.398 e. The molecule has 0 radical (unpaired) electrons. The molecule has 1 heterocycles. The van der Waals surface area contributed by atoms with Crippen molar-refractivity contribution in [3.8, 4) is 0 Å². The first-order valence-corrected chi connectivity index (χ1v) is 7.66. The van der Waals surface area contributed by atoms with Gasteiger partial charge in [0.2, 0.25) is 0 Å². The summed E-state index contributed by atoms with van der Waals surface area (Å²) in [5.74, 6) is 0. The van der Waals surface area contributed by atoms with Crippen LogP contribution in [0.15, 0.2) is 48.5 Å². The van der Waals surface area contributed by atoms with E-state index in [4.69, 9.17) is 17.3 Å². The first kappa shape index (κ1) is 14.2. The average molecular weight is 302 g/mol. The molecule has 0 aromatic heterocycles. The lowest BCUT2D eigenvalue weighted by atomic mass is 10.1. The summed E-state index contributed by atoms with van der Waals surface area (Å²) in [5.41, 5.74) is 8.94. The average Bonchev–Trinajstić information content (AvgIpc) is 2.53. The smallest absolute Gasteiger partial charge is 0.0638 e. The lowest BCUT2D eigenvalue weighted by Gasteiger charge is -2.36. The van der Waals surface area contributed by atoms with Gasteiger partial charge in [0.05, 0.1) is 10.7 Å². The molecule has 0 unspecified atom stereocenters. The molecule has 0 aliphatic carbocycles. The van der Waals surface area contributed by atoms with Crippen molar-refractivity contribution in [2.75, 3.05) is 36.8 Å². The van der Waals surface area contributed by atoms with Gasteiger partial charge in [0.1, 0.15) is 0 Å². The normalized spacial score (nSPS) is 16.1. The molecule has 21 heavy (non-hydrogen) atoms. The number of nitrogen functional groups attached to an aromatic ring is 1. The molecule has 0 bridgehead atoms. The minimum absolute atomic E-state index is 0.648. The van der Waals surface area contributed by atoms with Crippen LogP contribution in [-0.4, -0.2) is 31.1 Å². The van der Waals surface area contributed by atoms with E-state index < -0.39 is 0 Å². The molecule has 1 saturated heterocycles. The fourth-order valence-corrected chi connectivity index (χ4v) is 2.93. The van der Waals surface area contributed by atoms with Gasteiger partial charge in [-0.25, -0.2) is 0 Å². The molecule has 1 aliphatic rings. The number of rotatable bonds is 3. The van der Waals surface area contributed by atoms with Gasteiger partial charge in [-0.05, 0) is 29.8 Å². The summed E-state index contributed by atoms with van der Waals surface area (Å²) in [7, 11) is 0. The maximum atomic E-state index is 6.08. The summed E-state index contributed by atoms with van der Waals surface area (Å²) in [4.78, 5) is 4.90. The third-order valence-electron chi connectivity index (χ3n) is 3.96. The lowest BCUT2D eigenvalue weighted by Crippen LogP contribution is -2.45. The molecule has 2 aromatic carbocycles. The topological polar surface area (TPSA) is 32.5 Å². The molecular formula is C17H20ClN3. The van der Waals surface area contributed by atoms with Crippen molar-refractivity contribution in [3.63, 3.8) is 0 Å². The second kappa shape index (κ2) is 6.37. The zero-order valence-corrected chi connectivity index (χ0v) is 12.8. The van der Waals surface area contributed by atoms with Crippen LogP contribution in [0.25, 0.3) is 0 Å². The van der Waals surface area contributed by atoms with E-state index >= 15 is 0 Å². The number of halogens is 1. The molecule has 110 valence electrons. The van der Waals surface area contributed by atoms with Gasteiger partial charge >= 0.3 is 0 Å². The molecule has 0 saturated carbocycles. The Hall–Kier alpha value is -1.71. The molecule has 0 atom stereocenters. The maximum absolute atomic E-state index is 6.08. The third kappa shape index (κ3) is 3.49. The van der Waals surface area contributed by atoms with E-state index in [1.807, 2.05) is 12.1 Å². The zero-order chi connectivity index (χ0) is 14.7. The van der Waals surface area contributed by atoms with Gasteiger partial charge in [0.25, 0.3) is 0 Å². The Morgan fingerprint density at radius 2 is 1.67 bits per heavy atom. The molecule has 2 aromatic rings. The van der Waals surface area contributed by atoms with Crippen molar-refractivity contribution >= 4 is 23.0 Å². The SMILES string of the molecule is Nc1ccc(CN2CCN(c3ccccc3)CC2)cc1Cl. The van der Waals surface area contributed by atoms with E-state index in [9.17, 15) is 0 Å². The molecule has 3 nitrogen and oxygen atoms in total. The van der Waals surface area contributed by atoms with Gasteiger partial charge in [-0.15, -0.1) is 0 Å². The Bertz CT molecular complexity index is 592. The van der Waals surface area contributed by atoms with Crippen LogP contribution in [0, 0.1) is 0 Å². The quantitative estimate of drug-likeness (QED) is 0.883. The second-order valence-corrected chi connectivity index (χ2v) is 5.86. The van der Waals surface area contributed by atoms with Crippen LogP contribution in [0.5, 0.6) is 0 Å². The second-order valence-electron chi connectivity index (χ2n) is 5.45. The number of hydrogen-bond donors (Lipinski definition) is 1. The highest BCUT2D eigenvalue weighted by molar-refractivity contribution is 6.33. The summed E-state index contributed by atoms with van der Waals surface area (Å²) < 4.78 is 0. The highest BCUT2D eigenvalue weighted by atomic mass is 35.5. The summed E-state index contributed by atoms with van der Waals surface area (Å²) in [6.45, 7) is 5.19. The Kier molecular flexibility index (Phi) is 4.32. The van der Waals surface area contributed by atoms with Gasteiger partial charge in [-0.3, -0.25) is 4.90 Å². The Balaban J connectivity index is 1.57. The van der Waals surface area contributed by atoms with Crippen LogP contribution in [0.1, 0.15) is 5.56 Å². The number of nitrogens with two attached hydrogens (primary N) is 1. The molecule has 3 rings (SSSR count). The third-order valence-corrected chi connectivity index (χ3v) is 4.29. The summed E-state index contributed by atoms with van der Waals surface area (Å²) in [6, 6.07) is 16.5. The number of hydrogen-bond acceptors (Lipinski definition) is 3. The van der Waals surface area contributed by atoms with E-state index in [0.717, 1.165) is 32.7 Å². The van der Waals surface area contributed by atoms with E-state index in [1.165, 1.54) is 11.3 Å². The van der Waals surface area contributed by atoms with E-state index in [0.29, 0.717) is 10.7 Å². The van der Waals surface area contributed by atoms with Crippen LogP contribution in [0.4, 0.5) is 11.4 Å². The summed E-state index contributed by atoms with van der Waals surface area (Å²) in [6.07, 6.45) is 0. The standard InChI is InChI=1S/C17H20ClN3/c18-16-12-14(6-7-17(16)19)13-20-8-10-21(11-9-20)15-4-2-1-3-5-15/h1-7,12H,8-11,13,19H2. The molecule has 0 spiro atoms. The summed E-state index contributed by atoms with van der Waals surface area (Å²) >= 11 is 6.08. The monoisotopic (exact) mass is 301 g/mol. The van der Waals surface area contributed by atoms with Crippen LogP contribution in [0.3, 0.4) is 0 Å². The molecule has 0 amide bonds. The molecule has 2 N–H and O–H groups in total. The highest BCUT2D eigenvalue weighted by Crippen LogP contribution is 2.21. The van der Waals surface area contributed by atoms with Gasteiger partial charge in [0, 0.05) is 38.4 Å². The first-order valence-electron chi connectivity index (χ1n) is 7.28. The first-order chi connectivity index (χ1) is 10.2. The Labute approximate surface area is 130 Å². The van der Waals surface area contributed by atoms with E-state index in [1.54, 1.807) is 0 Å². The Morgan fingerprint density at radius 1 is 0.952 bits per heavy atom. The predicted molar refractivity (Wildman–Crippen MR) is 89.8 cm³/mol. The van der Waals surface area contributed by atoms with Gasteiger partial charge < -0.3 is 10.6 Å². The summed E-state index contributed by atoms with van der Waals surface area (Å²) in [5, 5.41) is 0.649. The number of piperazine rings is 1.